The van der Waals surface area contributed by atoms with Gasteiger partial charge in [-0.1, -0.05) is 30.8 Å². The van der Waals surface area contributed by atoms with Gasteiger partial charge in [-0.2, -0.15) is 11.8 Å². The second-order valence-corrected chi connectivity index (χ2v) is 7.23. The van der Waals surface area contributed by atoms with E-state index >= 15 is 0 Å². The number of H-pyrrole nitrogens is 1. The molecular formula is C17H22N2O2S2. The Labute approximate surface area is 145 Å². The highest BCUT2D eigenvalue weighted by atomic mass is 32.2. The van der Waals surface area contributed by atoms with Crippen LogP contribution in [0.2, 0.25) is 0 Å². The van der Waals surface area contributed by atoms with Crippen LogP contribution in [0.5, 0.6) is 5.75 Å². The molecule has 0 aliphatic rings. The van der Waals surface area contributed by atoms with Gasteiger partial charge < -0.3 is 9.72 Å². The lowest BCUT2D eigenvalue weighted by Crippen LogP contribution is -2.10. The van der Waals surface area contributed by atoms with Crippen molar-refractivity contribution in [2.45, 2.75) is 30.7 Å². The van der Waals surface area contributed by atoms with Crippen molar-refractivity contribution in [3.63, 3.8) is 0 Å². The summed E-state index contributed by atoms with van der Waals surface area (Å²) in [7, 11) is 1.67. The van der Waals surface area contributed by atoms with Crippen molar-refractivity contribution in [3.8, 4) is 5.75 Å². The number of aryl methyl sites for hydroxylation is 1. The van der Waals surface area contributed by atoms with E-state index in [9.17, 15) is 4.79 Å². The zero-order chi connectivity index (χ0) is 16.5. The van der Waals surface area contributed by atoms with Crippen LogP contribution < -0.4 is 10.3 Å². The fourth-order valence-electron chi connectivity index (χ4n) is 2.00. The lowest BCUT2D eigenvalue weighted by atomic mass is 10.2. The van der Waals surface area contributed by atoms with Crippen LogP contribution in [0, 0.1) is 0 Å². The zero-order valence-corrected chi connectivity index (χ0v) is 15.1. The SMILES string of the molecule is CCCSCc1cc(=O)[nH]c(SCCc2ccc(OC)cc2)n1. The van der Waals surface area contributed by atoms with Gasteiger partial charge in [0, 0.05) is 17.6 Å². The van der Waals surface area contributed by atoms with Gasteiger partial charge in [0.05, 0.1) is 12.8 Å². The minimum Gasteiger partial charge on any atom is -0.497 e. The summed E-state index contributed by atoms with van der Waals surface area (Å²) in [6.45, 7) is 2.15. The van der Waals surface area contributed by atoms with Crippen molar-refractivity contribution in [2.75, 3.05) is 18.6 Å². The number of thioether (sulfide) groups is 2. The number of hydrogen-bond donors (Lipinski definition) is 1. The van der Waals surface area contributed by atoms with Crippen LogP contribution in [0.15, 0.2) is 40.3 Å². The molecule has 0 spiro atoms. The summed E-state index contributed by atoms with van der Waals surface area (Å²) < 4.78 is 5.15. The summed E-state index contributed by atoms with van der Waals surface area (Å²) in [6.07, 6.45) is 2.06. The van der Waals surface area contributed by atoms with Gasteiger partial charge in [-0.15, -0.1) is 0 Å². The van der Waals surface area contributed by atoms with Crippen LogP contribution in [-0.2, 0) is 12.2 Å². The second-order valence-electron chi connectivity index (χ2n) is 5.04. The Kier molecular flexibility index (Phi) is 7.55. The highest BCUT2D eigenvalue weighted by Gasteiger charge is 2.03. The molecular weight excluding hydrogens is 328 g/mol. The third kappa shape index (κ3) is 6.31. The molecule has 2 aromatic rings. The average molecular weight is 351 g/mol. The molecule has 0 radical (unpaired) electrons. The molecule has 0 saturated heterocycles. The van der Waals surface area contributed by atoms with E-state index in [1.807, 2.05) is 23.9 Å². The molecule has 0 fully saturated rings. The third-order valence-electron chi connectivity index (χ3n) is 3.16. The minimum atomic E-state index is -0.0703. The van der Waals surface area contributed by atoms with Crippen molar-refractivity contribution in [1.29, 1.82) is 0 Å². The van der Waals surface area contributed by atoms with Crippen molar-refractivity contribution in [2.24, 2.45) is 0 Å². The number of aromatic nitrogens is 2. The number of benzene rings is 1. The summed E-state index contributed by atoms with van der Waals surface area (Å²) in [5.74, 6) is 3.63. The first-order chi connectivity index (χ1) is 11.2. The summed E-state index contributed by atoms with van der Waals surface area (Å²) in [6, 6.07) is 9.65. The van der Waals surface area contributed by atoms with Gasteiger partial charge in [0.2, 0.25) is 0 Å². The molecule has 0 bridgehead atoms. The molecule has 124 valence electrons. The molecule has 1 N–H and O–H groups in total. The van der Waals surface area contributed by atoms with Crippen LogP contribution in [0.4, 0.5) is 0 Å². The van der Waals surface area contributed by atoms with Crippen LogP contribution in [0.25, 0.3) is 0 Å². The molecule has 4 nitrogen and oxygen atoms in total. The van der Waals surface area contributed by atoms with Crippen LogP contribution in [0.3, 0.4) is 0 Å². The van der Waals surface area contributed by atoms with Crippen molar-refractivity contribution in [3.05, 3.63) is 51.9 Å². The third-order valence-corrected chi connectivity index (χ3v) is 5.23. The number of hydrogen-bond acceptors (Lipinski definition) is 5. The van der Waals surface area contributed by atoms with E-state index in [0.717, 1.165) is 41.5 Å². The number of rotatable bonds is 9. The van der Waals surface area contributed by atoms with Gasteiger partial charge in [0.15, 0.2) is 5.16 Å². The fourth-order valence-corrected chi connectivity index (χ4v) is 3.68. The van der Waals surface area contributed by atoms with Gasteiger partial charge in [-0.05, 0) is 36.3 Å². The quantitative estimate of drug-likeness (QED) is 0.424. The molecule has 1 aromatic carbocycles. The number of nitrogens with one attached hydrogen (secondary N) is 1. The summed E-state index contributed by atoms with van der Waals surface area (Å²) >= 11 is 3.40. The zero-order valence-electron chi connectivity index (χ0n) is 13.5. The maximum Gasteiger partial charge on any atom is 0.251 e. The minimum absolute atomic E-state index is 0.0703. The molecule has 0 saturated carbocycles. The number of nitrogens with zero attached hydrogens (tertiary/aromatic N) is 1. The maximum absolute atomic E-state index is 11.7. The predicted octanol–water partition coefficient (Wildman–Crippen LogP) is 3.76. The van der Waals surface area contributed by atoms with Crippen molar-refractivity contribution >= 4 is 23.5 Å². The number of aromatic amines is 1. The lowest BCUT2D eigenvalue weighted by molar-refractivity contribution is 0.414. The molecule has 1 aromatic heterocycles. The molecule has 2 rings (SSSR count). The monoisotopic (exact) mass is 350 g/mol. The first kappa shape index (κ1) is 17.9. The summed E-state index contributed by atoms with van der Waals surface area (Å²) in [5.41, 5.74) is 2.04. The number of methoxy groups -OCH3 is 1. The lowest BCUT2D eigenvalue weighted by Gasteiger charge is -2.05. The van der Waals surface area contributed by atoms with Gasteiger partial charge in [0.1, 0.15) is 5.75 Å². The second kappa shape index (κ2) is 9.67. The Morgan fingerprint density at radius 1 is 1.22 bits per heavy atom. The first-order valence-electron chi connectivity index (χ1n) is 7.65. The Morgan fingerprint density at radius 2 is 2.00 bits per heavy atom. The average Bonchev–Trinajstić information content (AvgIpc) is 2.55. The molecule has 23 heavy (non-hydrogen) atoms. The molecule has 1 heterocycles. The first-order valence-corrected chi connectivity index (χ1v) is 9.79. The van der Waals surface area contributed by atoms with Crippen LogP contribution in [-0.4, -0.2) is 28.6 Å². The summed E-state index contributed by atoms with van der Waals surface area (Å²) in [5, 5.41) is 0.707. The van der Waals surface area contributed by atoms with Crippen molar-refractivity contribution < 1.29 is 4.74 Å². The van der Waals surface area contributed by atoms with E-state index in [1.54, 1.807) is 24.9 Å². The van der Waals surface area contributed by atoms with Gasteiger partial charge in [-0.3, -0.25) is 4.79 Å². The maximum atomic E-state index is 11.7. The topological polar surface area (TPSA) is 55.0 Å². The Bertz CT molecular complexity index is 656. The molecule has 0 unspecified atom stereocenters. The highest BCUT2D eigenvalue weighted by Crippen LogP contribution is 2.17. The number of ether oxygens (including phenoxy) is 1. The molecule has 0 aliphatic heterocycles. The van der Waals surface area contributed by atoms with Gasteiger partial charge in [0.25, 0.3) is 5.56 Å². The molecule has 0 amide bonds. The normalized spacial score (nSPS) is 10.7. The predicted molar refractivity (Wildman–Crippen MR) is 98.7 cm³/mol. The standard InChI is InChI=1S/C17H22N2O2S2/c1-3-9-22-12-14-11-16(20)19-17(18-14)23-10-8-13-4-6-15(21-2)7-5-13/h4-7,11H,3,8-10,12H2,1-2H3,(H,18,19,20). The summed E-state index contributed by atoms with van der Waals surface area (Å²) in [4.78, 5) is 19.1. The van der Waals surface area contributed by atoms with Crippen LogP contribution >= 0.6 is 23.5 Å². The highest BCUT2D eigenvalue weighted by molar-refractivity contribution is 7.99. The Balaban J connectivity index is 1.87. The van der Waals surface area contributed by atoms with Gasteiger partial charge >= 0.3 is 0 Å². The molecule has 0 aliphatic carbocycles. The van der Waals surface area contributed by atoms with E-state index in [4.69, 9.17) is 4.74 Å². The van der Waals surface area contributed by atoms with E-state index in [1.165, 1.54) is 5.56 Å². The van der Waals surface area contributed by atoms with Gasteiger partial charge in [-0.25, -0.2) is 4.98 Å². The van der Waals surface area contributed by atoms with E-state index in [-0.39, 0.29) is 5.56 Å². The Hall–Kier alpha value is -1.40. The smallest absolute Gasteiger partial charge is 0.251 e. The van der Waals surface area contributed by atoms with E-state index in [2.05, 4.69) is 29.0 Å². The molecule has 0 atom stereocenters. The van der Waals surface area contributed by atoms with Crippen molar-refractivity contribution in [1.82, 2.24) is 9.97 Å². The van der Waals surface area contributed by atoms with E-state index < -0.39 is 0 Å². The van der Waals surface area contributed by atoms with Crippen LogP contribution in [0.1, 0.15) is 24.6 Å². The largest absolute Gasteiger partial charge is 0.497 e. The fraction of sp³-hybridized carbons (Fsp3) is 0.412. The van der Waals surface area contributed by atoms with E-state index in [0.29, 0.717) is 5.16 Å². The molecule has 6 heteroatoms. The Morgan fingerprint density at radius 3 is 2.70 bits per heavy atom.